The molecular formula is C14H16F2N4. The monoisotopic (exact) mass is 278 g/mol. The molecule has 0 atom stereocenters. The van der Waals surface area contributed by atoms with Crippen LogP contribution >= 0.6 is 0 Å². The minimum atomic E-state index is -0.706. The first-order valence-electron chi connectivity index (χ1n) is 6.34. The standard InChI is InChI=1S/C14H16F2N4/c1-3-20(9-10-6-4-5-7-18-10)14-12(16)8-11(15)13(17-2)19-14/h4-8H,3,9H2,1-2H3,(H,17,19). The van der Waals surface area contributed by atoms with E-state index in [1.807, 2.05) is 25.1 Å². The van der Waals surface area contributed by atoms with Crippen LogP contribution in [0.25, 0.3) is 0 Å². The highest BCUT2D eigenvalue weighted by molar-refractivity contribution is 5.49. The molecule has 6 heteroatoms. The number of hydrogen-bond donors (Lipinski definition) is 1. The lowest BCUT2D eigenvalue weighted by molar-refractivity contribution is 0.569. The Balaban J connectivity index is 2.32. The topological polar surface area (TPSA) is 41.1 Å². The third-order valence-corrected chi connectivity index (χ3v) is 2.91. The van der Waals surface area contributed by atoms with Crippen LogP contribution in [-0.4, -0.2) is 23.6 Å². The van der Waals surface area contributed by atoms with Crippen molar-refractivity contribution in [3.8, 4) is 0 Å². The van der Waals surface area contributed by atoms with Crippen LogP contribution in [0.4, 0.5) is 20.4 Å². The number of anilines is 2. The van der Waals surface area contributed by atoms with Gasteiger partial charge in [0.2, 0.25) is 0 Å². The van der Waals surface area contributed by atoms with Crippen LogP contribution in [0, 0.1) is 11.6 Å². The van der Waals surface area contributed by atoms with Crippen LogP contribution in [0.15, 0.2) is 30.5 Å². The zero-order chi connectivity index (χ0) is 14.5. The van der Waals surface area contributed by atoms with Gasteiger partial charge in [-0.15, -0.1) is 0 Å². The van der Waals surface area contributed by atoms with Crippen molar-refractivity contribution in [1.29, 1.82) is 0 Å². The Morgan fingerprint density at radius 1 is 1.25 bits per heavy atom. The number of hydrogen-bond acceptors (Lipinski definition) is 4. The quantitative estimate of drug-likeness (QED) is 0.913. The molecule has 0 saturated carbocycles. The molecule has 0 spiro atoms. The first-order chi connectivity index (χ1) is 9.65. The molecule has 0 aliphatic heterocycles. The van der Waals surface area contributed by atoms with Gasteiger partial charge in [0.15, 0.2) is 23.3 Å². The Morgan fingerprint density at radius 3 is 2.65 bits per heavy atom. The van der Waals surface area contributed by atoms with E-state index in [-0.39, 0.29) is 11.6 Å². The molecule has 2 aromatic heterocycles. The number of pyridine rings is 2. The van der Waals surface area contributed by atoms with E-state index in [9.17, 15) is 8.78 Å². The fraction of sp³-hybridized carbons (Fsp3) is 0.286. The fourth-order valence-electron chi connectivity index (χ4n) is 1.88. The van der Waals surface area contributed by atoms with Gasteiger partial charge < -0.3 is 10.2 Å². The van der Waals surface area contributed by atoms with Crippen molar-refractivity contribution in [2.75, 3.05) is 23.8 Å². The molecule has 0 amide bonds. The second kappa shape index (κ2) is 6.27. The summed E-state index contributed by atoms with van der Waals surface area (Å²) in [6, 6.07) is 6.37. The molecule has 20 heavy (non-hydrogen) atoms. The van der Waals surface area contributed by atoms with Crippen molar-refractivity contribution < 1.29 is 8.78 Å². The highest BCUT2D eigenvalue weighted by atomic mass is 19.1. The summed E-state index contributed by atoms with van der Waals surface area (Å²) in [6.07, 6.45) is 1.68. The number of rotatable bonds is 5. The molecule has 0 aromatic carbocycles. The van der Waals surface area contributed by atoms with Crippen molar-refractivity contribution in [2.24, 2.45) is 0 Å². The zero-order valence-electron chi connectivity index (χ0n) is 11.4. The molecule has 2 aromatic rings. The number of aromatic nitrogens is 2. The summed E-state index contributed by atoms with van der Waals surface area (Å²) >= 11 is 0. The largest absolute Gasteiger partial charge is 0.371 e. The summed E-state index contributed by atoms with van der Waals surface area (Å²) < 4.78 is 27.3. The van der Waals surface area contributed by atoms with Gasteiger partial charge >= 0.3 is 0 Å². The first-order valence-corrected chi connectivity index (χ1v) is 6.34. The molecule has 0 saturated heterocycles. The maximum Gasteiger partial charge on any atom is 0.168 e. The second-order valence-electron chi connectivity index (χ2n) is 4.21. The third kappa shape index (κ3) is 3.01. The molecule has 4 nitrogen and oxygen atoms in total. The van der Waals surface area contributed by atoms with Gasteiger partial charge in [0.25, 0.3) is 0 Å². The van der Waals surface area contributed by atoms with E-state index in [1.54, 1.807) is 18.1 Å². The average Bonchev–Trinajstić information content (AvgIpc) is 2.46. The molecular weight excluding hydrogens is 262 g/mol. The Bertz CT molecular complexity index is 575. The van der Waals surface area contributed by atoms with E-state index in [1.165, 1.54) is 0 Å². The minimum Gasteiger partial charge on any atom is -0.371 e. The predicted molar refractivity (Wildman–Crippen MR) is 74.7 cm³/mol. The summed E-state index contributed by atoms with van der Waals surface area (Å²) in [5, 5.41) is 2.61. The summed E-state index contributed by atoms with van der Waals surface area (Å²) in [5.41, 5.74) is 0.797. The van der Waals surface area contributed by atoms with Gasteiger partial charge in [-0.05, 0) is 19.1 Å². The van der Waals surface area contributed by atoms with Crippen LogP contribution in [0.2, 0.25) is 0 Å². The second-order valence-corrected chi connectivity index (χ2v) is 4.21. The molecule has 0 fully saturated rings. The highest BCUT2D eigenvalue weighted by Gasteiger charge is 2.16. The van der Waals surface area contributed by atoms with Crippen LogP contribution < -0.4 is 10.2 Å². The highest BCUT2D eigenvalue weighted by Crippen LogP contribution is 2.23. The van der Waals surface area contributed by atoms with Crippen LogP contribution in [-0.2, 0) is 6.54 Å². The SMILES string of the molecule is CCN(Cc1ccccn1)c1nc(NC)c(F)cc1F. The first kappa shape index (κ1) is 14.2. The lowest BCUT2D eigenvalue weighted by Crippen LogP contribution is -2.25. The molecule has 0 unspecified atom stereocenters. The zero-order valence-corrected chi connectivity index (χ0v) is 11.4. The van der Waals surface area contributed by atoms with Crippen molar-refractivity contribution in [2.45, 2.75) is 13.5 Å². The Labute approximate surface area is 116 Å². The van der Waals surface area contributed by atoms with Gasteiger partial charge in [-0.2, -0.15) is 0 Å². The molecule has 106 valence electrons. The maximum absolute atomic E-state index is 13.9. The summed E-state index contributed by atoms with van der Waals surface area (Å²) in [5.74, 6) is -1.24. The number of nitrogens with zero attached hydrogens (tertiary/aromatic N) is 3. The molecule has 2 heterocycles. The Kier molecular flexibility index (Phi) is 4.45. The summed E-state index contributed by atoms with van der Waals surface area (Å²) in [7, 11) is 1.54. The lowest BCUT2D eigenvalue weighted by Gasteiger charge is -2.22. The van der Waals surface area contributed by atoms with E-state index >= 15 is 0 Å². The molecule has 0 radical (unpaired) electrons. The Morgan fingerprint density at radius 2 is 2.05 bits per heavy atom. The van der Waals surface area contributed by atoms with Crippen molar-refractivity contribution in [3.05, 3.63) is 47.8 Å². The lowest BCUT2D eigenvalue weighted by atomic mass is 10.3. The molecule has 0 aliphatic carbocycles. The van der Waals surface area contributed by atoms with Crippen LogP contribution in [0.1, 0.15) is 12.6 Å². The maximum atomic E-state index is 13.9. The van der Waals surface area contributed by atoms with Gasteiger partial charge in [0.1, 0.15) is 0 Å². The van der Waals surface area contributed by atoms with E-state index in [2.05, 4.69) is 15.3 Å². The van der Waals surface area contributed by atoms with Gasteiger partial charge in [0, 0.05) is 25.9 Å². The molecule has 0 aliphatic rings. The molecule has 2 rings (SSSR count). The van der Waals surface area contributed by atoms with Gasteiger partial charge in [-0.3, -0.25) is 4.98 Å². The van der Waals surface area contributed by atoms with E-state index in [0.717, 1.165) is 11.8 Å². The summed E-state index contributed by atoms with van der Waals surface area (Å²) in [4.78, 5) is 9.90. The predicted octanol–water partition coefficient (Wildman–Crippen LogP) is 2.82. The van der Waals surface area contributed by atoms with Crippen molar-refractivity contribution in [3.63, 3.8) is 0 Å². The normalized spacial score (nSPS) is 10.4. The van der Waals surface area contributed by atoms with Gasteiger partial charge in [-0.25, -0.2) is 13.8 Å². The fourth-order valence-corrected chi connectivity index (χ4v) is 1.88. The van der Waals surface area contributed by atoms with Gasteiger partial charge in [-0.1, -0.05) is 6.07 Å². The average molecular weight is 278 g/mol. The van der Waals surface area contributed by atoms with Crippen molar-refractivity contribution >= 4 is 11.6 Å². The minimum absolute atomic E-state index is 0.0286. The molecule has 0 bridgehead atoms. The van der Waals surface area contributed by atoms with E-state index in [0.29, 0.717) is 13.1 Å². The summed E-state index contributed by atoms with van der Waals surface area (Å²) in [6.45, 7) is 2.83. The molecule has 1 N–H and O–H groups in total. The number of nitrogens with one attached hydrogen (secondary N) is 1. The van der Waals surface area contributed by atoms with Crippen LogP contribution in [0.3, 0.4) is 0 Å². The van der Waals surface area contributed by atoms with Crippen LogP contribution in [0.5, 0.6) is 0 Å². The smallest absolute Gasteiger partial charge is 0.168 e. The Hall–Kier alpha value is -2.24. The van der Waals surface area contributed by atoms with Gasteiger partial charge in [0.05, 0.1) is 12.2 Å². The van der Waals surface area contributed by atoms with Crippen molar-refractivity contribution in [1.82, 2.24) is 9.97 Å². The number of halogens is 2. The third-order valence-electron chi connectivity index (χ3n) is 2.91. The van der Waals surface area contributed by atoms with E-state index in [4.69, 9.17) is 0 Å². The van der Waals surface area contributed by atoms with E-state index < -0.39 is 11.6 Å².